The molecular formula is C21H29ClN4O2. The Morgan fingerprint density at radius 2 is 2.32 bits per heavy atom. The summed E-state index contributed by atoms with van der Waals surface area (Å²) in [4.78, 5) is 19.3. The molecule has 1 aliphatic rings. The van der Waals surface area contributed by atoms with Gasteiger partial charge in [-0.3, -0.25) is 4.79 Å². The Bertz CT molecular complexity index is 779. The van der Waals surface area contributed by atoms with Crippen molar-refractivity contribution in [3.8, 4) is 11.4 Å². The number of benzene rings is 1. The van der Waals surface area contributed by atoms with Gasteiger partial charge in [-0.25, -0.2) is 0 Å². The first kappa shape index (κ1) is 20.8. The zero-order valence-corrected chi connectivity index (χ0v) is 17.4. The van der Waals surface area contributed by atoms with Crippen molar-refractivity contribution < 1.29 is 9.32 Å². The predicted molar refractivity (Wildman–Crippen MR) is 110 cm³/mol. The van der Waals surface area contributed by atoms with Gasteiger partial charge in [-0.2, -0.15) is 4.98 Å². The van der Waals surface area contributed by atoms with Gasteiger partial charge in [0.1, 0.15) is 0 Å². The van der Waals surface area contributed by atoms with Crippen molar-refractivity contribution in [1.82, 2.24) is 20.4 Å². The third-order valence-electron chi connectivity index (χ3n) is 5.18. The number of amides is 1. The maximum Gasteiger partial charge on any atom is 0.228 e. The fraction of sp³-hybridized carbons (Fsp3) is 0.571. The highest BCUT2D eigenvalue weighted by Gasteiger charge is 2.26. The first-order chi connectivity index (χ1) is 13.5. The Kier molecular flexibility index (Phi) is 7.45. The minimum absolute atomic E-state index is 0.0674. The van der Waals surface area contributed by atoms with E-state index < -0.39 is 0 Å². The van der Waals surface area contributed by atoms with Crippen molar-refractivity contribution >= 4 is 17.5 Å². The van der Waals surface area contributed by atoms with E-state index in [1.165, 1.54) is 0 Å². The van der Waals surface area contributed by atoms with E-state index in [1.54, 1.807) is 0 Å². The molecule has 152 valence electrons. The molecule has 1 fully saturated rings. The fourth-order valence-electron chi connectivity index (χ4n) is 3.69. The number of aromatic nitrogens is 2. The van der Waals surface area contributed by atoms with Crippen LogP contribution in [-0.2, 0) is 11.2 Å². The van der Waals surface area contributed by atoms with Gasteiger partial charge < -0.3 is 14.7 Å². The molecular weight excluding hydrogens is 376 g/mol. The van der Waals surface area contributed by atoms with Gasteiger partial charge >= 0.3 is 0 Å². The first-order valence-corrected chi connectivity index (χ1v) is 10.5. The molecule has 2 aromatic rings. The Labute approximate surface area is 171 Å². The van der Waals surface area contributed by atoms with Crippen molar-refractivity contribution in [2.45, 2.75) is 52.0 Å². The molecule has 3 rings (SSSR count). The summed E-state index contributed by atoms with van der Waals surface area (Å²) in [6.07, 6.45) is 4.78. The molecule has 7 heteroatoms. The highest BCUT2D eigenvalue weighted by molar-refractivity contribution is 6.30. The first-order valence-electron chi connectivity index (χ1n) is 10.2. The molecule has 2 unspecified atom stereocenters. The zero-order valence-electron chi connectivity index (χ0n) is 16.7. The molecule has 2 atom stereocenters. The smallest absolute Gasteiger partial charge is 0.228 e. The van der Waals surface area contributed by atoms with E-state index in [4.69, 9.17) is 16.1 Å². The summed E-state index contributed by atoms with van der Waals surface area (Å²) in [6.45, 7) is 6.82. The standard InChI is InChI=1S/C21H29ClN4O2/c1-3-6-15(2)23-21(27)17-8-5-11-26(14-17)12-10-19-24-20(25-28-19)16-7-4-9-18(22)13-16/h4,7,9,13,15,17H,3,5-6,8,10-12,14H2,1-2H3,(H,23,27). The molecule has 1 N–H and O–H groups in total. The van der Waals surface area contributed by atoms with Gasteiger partial charge in [-0.1, -0.05) is 42.2 Å². The quantitative estimate of drug-likeness (QED) is 0.721. The average molecular weight is 405 g/mol. The molecule has 0 saturated carbocycles. The highest BCUT2D eigenvalue weighted by atomic mass is 35.5. The van der Waals surface area contributed by atoms with Crippen LogP contribution in [0.25, 0.3) is 11.4 Å². The van der Waals surface area contributed by atoms with Crippen LogP contribution in [0.5, 0.6) is 0 Å². The number of nitrogens with zero attached hydrogens (tertiary/aromatic N) is 3. The minimum Gasteiger partial charge on any atom is -0.353 e. The second-order valence-corrected chi connectivity index (χ2v) is 8.05. The van der Waals surface area contributed by atoms with Crippen molar-refractivity contribution in [2.75, 3.05) is 19.6 Å². The number of hydrogen-bond donors (Lipinski definition) is 1. The summed E-state index contributed by atoms with van der Waals surface area (Å²) in [5, 5.41) is 7.86. The second kappa shape index (κ2) is 10.0. The van der Waals surface area contributed by atoms with Gasteiger partial charge in [0.05, 0.1) is 5.92 Å². The van der Waals surface area contributed by atoms with Gasteiger partial charge in [0.25, 0.3) is 0 Å². The van der Waals surface area contributed by atoms with Crippen LogP contribution >= 0.6 is 11.6 Å². The SMILES string of the molecule is CCCC(C)NC(=O)C1CCCN(CCc2nc(-c3cccc(Cl)c3)no2)C1. The monoisotopic (exact) mass is 404 g/mol. The molecule has 28 heavy (non-hydrogen) atoms. The fourth-order valence-corrected chi connectivity index (χ4v) is 3.88. The van der Waals surface area contributed by atoms with E-state index in [2.05, 4.69) is 34.2 Å². The number of hydrogen-bond acceptors (Lipinski definition) is 5. The number of likely N-dealkylation sites (tertiary alicyclic amines) is 1. The molecule has 1 aromatic carbocycles. The summed E-state index contributed by atoms with van der Waals surface area (Å²) < 4.78 is 5.39. The Morgan fingerprint density at radius 3 is 3.11 bits per heavy atom. The lowest BCUT2D eigenvalue weighted by Gasteiger charge is -2.32. The summed E-state index contributed by atoms with van der Waals surface area (Å²) >= 11 is 6.03. The van der Waals surface area contributed by atoms with Crippen LogP contribution in [0.2, 0.25) is 5.02 Å². The average Bonchev–Trinajstić information content (AvgIpc) is 3.16. The molecule has 2 heterocycles. The van der Waals surface area contributed by atoms with Crippen LogP contribution in [0.3, 0.4) is 0 Å². The van der Waals surface area contributed by atoms with E-state index in [-0.39, 0.29) is 17.9 Å². The van der Waals surface area contributed by atoms with Crippen LogP contribution in [-0.4, -0.2) is 46.6 Å². The summed E-state index contributed by atoms with van der Waals surface area (Å²) in [5.74, 6) is 1.42. The lowest BCUT2D eigenvalue weighted by molar-refractivity contribution is -0.127. The van der Waals surface area contributed by atoms with Crippen LogP contribution in [0.15, 0.2) is 28.8 Å². The molecule has 0 spiro atoms. The Balaban J connectivity index is 1.50. The lowest BCUT2D eigenvalue weighted by Crippen LogP contribution is -2.45. The molecule has 1 aliphatic heterocycles. The van der Waals surface area contributed by atoms with E-state index in [0.29, 0.717) is 23.2 Å². The number of carbonyl (C=O) groups excluding carboxylic acids is 1. The lowest BCUT2D eigenvalue weighted by atomic mass is 9.96. The number of carbonyl (C=O) groups is 1. The molecule has 1 aromatic heterocycles. The molecule has 0 aliphatic carbocycles. The third-order valence-corrected chi connectivity index (χ3v) is 5.41. The predicted octanol–water partition coefficient (Wildman–Crippen LogP) is 3.95. The number of piperidine rings is 1. The second-order valence-electron chi connectivity index (χ2n) is 7.61. The maximum atomic E-state index is 12.5. The van der Waals surface area contributed by atoms with E-state index in [0.717, 1.165) is 50.9 Å². The zero-order chi connectivity index (χ0) is 19.9. The van der Waals surface area contributed by atoms with Crippen molar-refractivity contribution in [1.29, 1.82) is 0 Å². The Hall–Kier alpha value is -1.92. The summed E-state index contributed by atoms with van der Waals surface area (Å²) in [6, 6.07) is 7.67. The van der Waals surface area contributed by atoms with Crippen molar-refractivity contribution in [3.05, 3.63) is 35.2 Å². The number of nitrogens with one attached hydrogen (secondary N) is 1. The van der Waals surface area contributed by atoms with Gasteiger partial charge in [0.2, 0.25) is 17.6 Å². The highest BCUT2D eigenvalue weighted by Crippen LogP contribution is 2.21. The maximum absolute atomic E-state index is 12.5. The molecule has 0 bridgehead atoms. The topological polar surface area (TPSA) is 71.3 Å². The van der Waals surface area contributed by atoms with Crippen LogP contribution in [0, 0.1) is 5.92 Å². The summed E-state index contributed by atoms with van der Waals surface area (Å²) in [5.41, 5.74) is 0.846. The van der Waals surface area contributed by atoms with Crippen LogP contribution in [0.4, 0.5) is 0 Å². The van der Waals surface area contributed by atoms with Gasteiger partial charge in [-0.05, 0) is 44.9 Å². The number of halogens is 1. The molecule has 6 nitrogen and oxygen atoms in total. The van der Waals surface area contributed by atoms with Gasteiger partial charge in [0, 0.05) is 36.1 Å². The van der Waals surface area contributed by atoms with E-state index in [9.17, 15) is 4.79 Å². The van der Waals surface area contributed by atoms with E-state index >= 15 is 0 Å². The Morgan fingerprint density at radius 1 is 1.46 bits per heavy atom. The molecule has 1 amide bonds. The normalized spacial score (nSPS) is 18.8. The van der Waals surface area contributed by atoms with Gasteiger partial charge in [0.15, 0.2) is 0 Å². The third kappa shape index (κ3) is 5.79. The van der Waals surface area contributed by atoms with Crippen LogP contribution < -0.4 is 5.32 Å². The molecule has 1 saturated heterocycles. The minimum atomic E-state index is 0.0674. The number of rotatable bonds is 8. The van der Waals surface area contributed by atoms with Crippen LogP contribution in [0.1, 0.15) is 45.4 Å². The van der Waals surface area contributed by atoms with Crippen molar-refractivity contribution in [3.63, 3.8) is 0 Å². The molecule has 0 radical (unpaired) electrons. The van der Waals surface area contributed by atoms with Gasteiger partial charge in [-0.15, -0.1) is 0 Å². The summed E-state index contributed by atoms with van der Waals surface area (Å²) in [7, 11) is 0. The largest absolute Gasteiger partial charge is 0.353 e. The van der Waals surface area contributed by atoms with Crippen molar-refractivity contribution in [2.24, 2.45) is 5.92 Å². The van der Waals surface area contributed by atoms with E-state index in [1.807, 2.05) is 24.3 Å².